The third-order valence-corrected chi connectivity index (χ3v) is 6.32. The SMILES string of the molecule is Cn1nccc1C(=O)NC(C(=O)Nc1ccc(-c2cn[nH]c2)c(F)c1)C(c1ccccc1)c1ccccc1. The predicted molar refractivity (Wildman–Crippen MR) is 142 cm³/mol. The van der Waals surface area contributed by atoms with Crippen molar-refractivity contribution in [3.05, 3.63) is 126 Å². The highest BCUT2D eigenvalue weighted by Crippen LogP contribution is 2.30. The molecule has 0 saturated carbocycles. The first-order valence-corrected chi connectivity index (χ1v) is 12.0. The highest BCUT2D eigenvalue weighted by molar-refractivity contribution is 6.01. The van der Waals surface area contributed by atoms with Crippen LogP contribution in [0.3, 0.4) is 0 Å². The average molecular weight is 509 g/mol. The van der Waals surface area contributed by atoms with Crippen molar-refractivity contribution in [2.24, 2.45) is 7.05 Å². The molecule has 1 unspecified atom stereocenters. The first-order valence-electron chi connectivity index (χ1n) is 12.0. The Kier molecular flexibility index (Phi) is 7.08. The fourth-order valence-corrected chi connectivity index (χ4v) is 4.46. The van der Waals surface area contributed by atoms with E-state index >= 15 is 0 Å². The average Bonchev–Trinajstić information content (AvgIpc) is 3.62. The summed E-state index contributed by atoms with van der Waals surface area (Å²) in [4.78, 5) is 27.1. The van der Waals surface area contributed by atoms with Gasteiger partial charge < -0.3 is 10.6 Å². The Labute approximate surface area is 218 Å². The second kappa shape index (κ2) is 10.9. The molecule has 190 valence electrons. The Morgan fingerprint density at radius 3 is 2.18 bits per heavy atom. The van der Waals surface area contributed by atoms with Gasteiger partial charge in [-0.1, -0.05) is 60.7 Å². The molecule has 5 rings (SSSR count). The van der Waals surface area contributed by atoms with Crippen molar-refractivity contribution < 1.29 is 14.0 Å². The number of amides is 2. The van der Waals surface area contributed by atoms with Crippen LogP contribution in [0.25, 0.3) is 11.1 Å². The zero-order chi connectivity index (χ0) is 26.5. The number of carbonyl (C=O) groups excluding carboxylic acids is 2. The van der Waals surface area contributed by atoms with Gasteiger partial charge in [-0.2, -0.15) is 10.2 Å². The number of aryl methyl sites for hydroxylation is 1. The maximum Gasteiger partial charge on any atom is 0.270 e. The lowest BCUT2D eigenvalue weighted by molar-refractivity contribution is -0.118. The molecular formula is C29H25FN6O2. The van der Waals surface area contributed by atoms with Crippen LogP contribution in [0, 0.1) is 5.82 Å². The summed E-state index contributed by atoms with van der Waals surface area (Å²) >= 11 is 0. The van der Waals surface area contributed by atoms with Crippen molar-refractivity contribution in [3.63, 3.8) is 0 Å². The molecule has 0 fully saturated rings. The number of nitrogens with zero attached hydrogens (tertiary/aromatic N) is 3. The van der Waals surface area contributed by atoms with E-state index in [0.29, 0.717) is 16.8 Å². The van der Waals surface area contributed by atoms with E-state index in [4.69, 9.17) is 0 Å². The zero-order valence-electron chi connectivity index (χ0n) is 20.5. The minimum absolute atomic E-state index is 0.263. The summed E-state index contributed by atoms with van der Waals surface area (Å²) in [5.41, 5.74) is 3.19. The lowest BCUT2D eigenvalue weighted by Gasteiger charge is -2.28. The number of hydrogen-bond donors (Lipinski definition) is 3. The van der Waals surface area contributed by atoms with Crippen LogP contribution < -0.4 is 10.6 Å². The predicted octanol–water partition coefficient (Wildman–Crippen LogP) is 4.52. The van der Waals surface area contributed by atoms with Gasteiger partial charge in [0.05, 0.1) is 6.20 Å². The summed E-state index contributed by atoms with van der Waals surface area (Å²) in [6.45, 7) is 0. The number of aromatic amines is 1. The Balaban J connectivity index is 1.51. The maximum atomic E-state index is 14.9. The summed E-state index contributed by atoms with van der Waals surface area (Å²) < 4.78 is 16.4. The molecule has 0 aliphatic rings. The molecule has 5 aromatic rings. The Morgan fingerprint density at radius 1 is 0.947 bits per heavy atom. The topological polar surface area (TPSA) is 105 Å². The first kappa shape index (κ1) is 24.6. The molecule has 0 saturated heterocycles. The van der Waals surface area contributed by atoms with Gasteiger partial charge in [0, 0.05) is 42.2 Å². The van der Waals surface area contributed by atoms with Crippen LogP contribution in [0.2, 0.25) is 0 Å². The van der Waals surface area contributed by atoms with E-state index in [0.717, 1.165) is 11.1 Å². The molecule has 3 aromatic carbocycles. The fourth-order valence-electron chi connectivity index (χ4n) is 4.46. The van der Waals surface area contributed by atoms with Gasteiger partial charge in [0.2, 0.25) is 5.91 Å². The number of hydrogen-bond acceptors (Lipinski definition) is 4. The highest BCUT2D eigenvalue weighted by atomic mass is 19.1. The molecule has 0 bridgehead atoms. The quantitative estimate of drug-likeness (QED) is 0.287. The number of anilines is 1. The lowest BCUT2D eigenvalue weighted by atomic mass is 9.84. The minimum atomic E-state index is -1.03. The normalized spacial score (nSPS) is 11.8. The Bertz CT molecular complexity index is 1490. The number of nitrogens with one attached hydrogen (secondary N) is 3. The molecule has 0 aliphatic carbocycles. The van der Waals surface area contributed by atoms with Crippen molar-refractivity contribution in [1.82, 2.24) is 25.3 Å². The Hall–Kier alpha value is -5.05. The smallest absolute Gasteiger partial charge is 0.270 e. The van der Waals surface area contributed by atoms with Crippen molar-refractivity contribution in [3.8, 4) is 11.1 Å². The van der Waals surface area contributed by atoms with Gasteiger partial charge in [-0.05, 0) is 35.4 Å². The summed E-state index contributed by atoms with van der Waals surface area (Å²) in [5.74, 6) is -1.98. The zero-order valence-corrected chi connectivity index (χ0v) is 20.5. The van der Waals surface area contributed by atoms with Gasteiger partial charge in [-0.15, -0.1) is 0 Å². The third kappa shape index (κ3) is 5.22. The van der Waals surface area contributed by atoms with E-state index < -0.39 is 29.6 Å². The molecule has 2 amide bonds. The van der Waals surface area contributed by atoms with Crippen LogP contribution in [0.4, 0.5) is 10.1 Å². The van der Waals surface area contributed by atoms with E-state index in [9.17, 15) is 14.0 Å². The number of benzene rings is 3. The standard InChI is InChI=1S/C29H25FN6O2/c1-36-25(14-15-33-36)28(37)35-27(26(19-8-4-2-5-9-19)20-10-6-3-7-11-20)29(38)34-22-12-13-23(24(30)16-22)21-17-31-32-18-21/h2-18,26-27H,1H3,(H,31,32)(H,34,38)(H,35,37). The van der Waals surface area contributed by atoms with E-state index in [1.54, 1.807) is 31.4 Å². The number of carbonyl (C=O) groups is 2. The number of aromatic nitrogens is 4. The van der Waals surface area contributed by atoms with Gasteiger partial charge >= 0.3 is 0 Å². The summed E-state index contributed by atoms with van der Waals surface area (Å²) in [7, 11) is 1.65. The first-order chi connectivity index (χ1) is 18.5. The Morgan fingerprint density at radius 2 is 1.63 bits per heavy atom. The van der Waals surface area contributed by atoms with Crippen LogP contribution in [0.5, 0.6) is 0 Å². The monoisotopic (exact) mass is 508 g/mol. The van der Waals surface area contributed by atoms with Crippen molar-refractivity contribution in [1.29, 1.82) is 0 Å². The minimum Gasteiger partial charge on any atom is -0.338 e. The van der Waals surface area contributed by atoms with E-state index in [1.165, 1.54) is 23.1 Å². The largest absolute Gasteiger partial charge is 0.338 e. The molecule has 38 heavy (non-hydrogen) atoms. The van der Waals surface area contributed by atoms with Crippen LogP contribution in [0.1, 0.15) is 27.5 Å². The number of rotatable bonds is 8. The molecule has 0 radical (unpaired) electrons. The van der Waals surface area contributed by atoms with Crippen molar-refractivity contribution in [2.45, 2.75) is 12.0 Å². The maximum absolute atomic E-state index is 14.9. The number of H-pyrrole nitrogens is 1. The third-order valence-electron chi connectivity index (χ3n) is 6.32. The van der Waals surface area contributed by atoms with E-state index in [2.05, 4.69) is 25.9 Å². The van der Waals surface area contributed by atoms with Gasteiger partial charge in [0.15, 0.2) is 0 Å². The van der Waals surface area contributed by atoms with Gasteiger partial charge in [0.25, 0.3) is 5.91 Å². The summed E-state index contributed by atoms with van der Waals surface area (Å²) in [5, 5.41) is 16.3. The molecule has 3 N–H and O–H groups in total. The second-order valence-corrected chi connectivity index (χ2v) is 8.76. The molecule has 2 aromatic heterocycles. The second-order valence-electron chi connectivity index (χ2n) is 8.76. The molecule has 1 atom stereocenters. The van der Waals surface area contributed by atoms with Crippen molar-refractivity contribution >= 4 is 17.5 Å². The molecule has 2 heterocycles. The summed E-state index contributed by atoms with van der Waals surface area (Å²) in [6.07, 6.45) is 4.62. The molecule has 0 spiro atoms. The van der Waals surface area contributed by atoms with E-state index in [-0.39, 0.29) is 5.69 Å². The van der Waals surface area contributed by atoms with E-state index in [1.807, 2.05) is 60.7 Å². The lowest BCUT2D eigenvalue weighted by Crippen LogP contribution is -2.48. The van der Waals surface area contributed by atoms with Gasteiger partial charge in [-0.25, -0.2) is 4.39 Å². The van der Waals surface area contributed by atoms with Gasteiger partial charge in [-0.3, -0.25) is 19.4 Å². The number of halogens is 1. The highest BCUT2D eigenvalue weighted by Gasteiger charge is 2.33. The van der Waals surface area contributed by atoms with Crippen molar-refractivity contribution in [2.75, 3.05) is 5.32 Å². The fraction of sp³-hybridized carbons (Fsp3) is 0.103. The van der Waals surface area contributed by atoms with Crippen LogP contribution in [-0.4, -0.2) is 37.8 Å². The van der Waals surface area contributed by atoms with Crippen LogP contribution >= 0.6 is 0 Å². The summed E-state index contributed by atoms with van der Waals surface area (Å²) in [6, 6.07) is 23.9. The molecule has 0 aliphatic heterocycles. The molecule has 9 heteroatoms. The molecular weight excluding hydrogens is 483 g/mol. The van der Waals surface area contributed by atoms with Crippen LogP contribution in [-0.2, 0) is 11.8 Å². The van der Waals surface area contributed by atoms with Gasteiger partial charge in [0.1, 0.15) is 17.6 Å². The molecule has 8 nitrogen and oxygen atoms in total. The van der Waals surface area contributed by atoms with Crippen LogP contribution in [0.15, 0.2) is 104 Å².